The third kappa shape index (κ3) is 5.95. The Bertz CT molecular complexity index is 658. The molecule has 0 aliphatic carbocycles. The molecule has 0 radical (unpaired) electrons. The topological polar surface area (TPSA) is 33.3 Å². The van der Waals surface area contributed by atoms with Gasteiger partial charge in [-0.15, -0.1) is 0 Å². The second-order valence-electron chi connectivity index (χ2n) is 5.98. The molecule has 128 valence electrons. The lowest BCUT2D eigenvalue weighted by molar-refractivity contribution is 0.0646. The number of rotatable bonds is 7. The van der Waals surface area contributed by atoms with Crippen molar-refractivity contribution >= 4 is 23.0 Å². The molecule has 0 spiro atoms. The van der Waals surface area contributed by atoms with E-state index in [-0.39, 0.29) is 6.10 Å². The highest BCUT2D eigenvalue weighted by atomic mass is 32.1. The van der Waals surface area contributed by atoms with Gasteiger partial charge in [-0.05, 0) is 62.2 Å². The van der Waals surface area contributed by atoms with E-state index >= 15 is 0 Å². The Kier molecular flexibility index (Phi) is 7.22. The average molecular weight is 343 g/mol. The van der Waals surface area contributed by atoms with Crippen molar-refractivity contribution < 1.29 is 4.74 Å². The first-order valence-corrected chi connectivity index (χ1v) is 8.76. The van der Waals surface area contributed by atoms with E-state index in [1.807, 2.05) is 18.2 Å². The van der Waals surface area contributed by atoms with Gasteiger partial charge in [0.2, 0.25) is 0 Å². The van der Waals surface area contributed by atoms with Gasteiger partial charge >= 0.3 is 0 Å². The van der Waals surface area contributed by atoms with Gasteiger partial charge in [0.25, 0.3) is 0 Å². The normalized spacial score (nSPS) is 11.8. The summed E-state index contributed by atoms with van der Waals surface area (Å²) in [6.07, 6.45) is 1.03. The third-order valence-corrected chi connectivity index (χ3v) is 4.13. The van der Waals surface area contributed by atoms with Crippen LogP contribution in [0.2, 0.25) is 0 Å². The fourth-order valence-electron chi connectivity index (χ4n) is 2.39. The van der Waals surface area contributed by atoms with Crippen molar-refractivity contribution in [1.29, 1.82) is 0 Å². The van der Waals surface area contributed by atoms with E-state index in [1.54, 1.807) is 0 Å². The molecule has 24 heavy (non-hydrogen) atoms. The first-order chi connectivity index (χ1) is 11.6. The zero-order chi connectivity index (χ0) is 17.4. The first-order valence-electron chi connectivity index (χ1n) is 8.35. The van der Waals surface area contributed by atoms with Gasteiger partial charge in [0.15, 0.2) is 5.11 Å². The number of anilines is 1. The van der Waals surface area contributed by atoms with Crippen LogP contribution in [-0.2, 0) is 4.74 Å². The number of nitrogens with one attached hydrogen (secondary N) is 2. The van der Waals surface area contributed by atoms with Crippen molar-refractivity contribution in [2.45, 2.75) is 33.3 Å². The predicted molar refractivity (Wildman–Crippen MR) is 106 cm³/mol. The highest BCUT2D eigenvalue weighted by Gasteiger charge is 2.05. The number of benzene rings is 2. The molecule has 0 fully saturated rings. The van der Waals surface area contributed by atoms with E-state index in [0.29, 0.717) is 11.7 Å². The summed E-state index contributed by atoms with van der Waals surface area (Å²) in [5, 5.41) is 7.14. The fourth-order valence-corrected chi connectivity index (χ4v) is 2.60. The van der Waals surface area contributed by atoms with Gasteiger partial charge in [-0.3, -0.25) is 0 Å². The summed E-state index contributed by atoms with van der Waals surface area (Å²) >= 11 is 5.35. The van der Waals surface area contributed by atoms with E-state index in [9.17, 15) is 0 Å². The number of hydrogen-bond acceptors (Lipinski definition) is 2. The molecule has 0 aliphatic heterocycles. The molecule has 2 N–H and O–H groups in total. The SMILES string of the molecule is Cc1ccc(C)c(NC(=S)NCCCO[C@H](C)c2ccccc2)c1. The molecule has 0 aromatic heterocycles. The Morgan fingerprint density at radius 1 is 1.12 bits per heavy atom. The molecule has 0 heterocycles. The molecule has 4 heteroatoms. The molecule has 1 atom stereocenters. The maximum absolute atomic E-state index is 5.86. The van der Waals surface area contributed by atoms with Crippen LogP contribution in [0.3, 0.4) is 0 Å². The second kappa shape index (κ2) is 9.40. The molecule has 3 nitrogen and oxygen atoms in total. The standard InChI is InChI=1S/C20H26N2OS/c1-15-10-11-16(2)19(14-15)22-20(24)21-12-7-13-23-17(3)18-8-5-4-6-9-18/h4-6,8-11,14,17H,7,12-13H2,1-3H3,(H2,21,22,24)/t17-/m1/s1. The van der Waals surface area contributed by atoms with Crippen LogP contribution >= 0.6 is 12.2 Å². The quantitative estimate of drug-likeness (QED) is 0.561. The largest absolute Gasteiger partial charge is 0.374 e. The Labute approximate surface area is 150 Å². The van der Waals surface area contributed by atoms with Crippen LogP contribution in [0.1, 0.15) is 36.1 Å². The van der Waals surface area contributed by atoms with Gasteiger partial charge < -0.3 is 15.4 Å². The maximum Gasteiger partial charge on any atom is 0.170 e. The smallest absolute Gasteiger partial charge is 0.170 e. The Morgan fingerprint density at radius 3 is 2.62 bits per heavy atom. The van der Waals surface area contributed by atoms with Gasteiger partial charge in [0.1, 0.15) is 0 Å². The van der Waals surface area contributed by atoms with Crippen LogP contribution in [0.15, 0.2) is 48.5 Å². The number of aryl methyl sites for hydroxylation is 2. The van der Waals surface area contributed by atoms with Crippen LogP contribution in [0.4, 0.5) is 5.69 Å². The van der Waals surface area contributed by atoms with E-state index in [1.165, 1.54) is 16.7 Å². The Balaban J connectivity index is 1.65. The predicted octanol–water partition coefficient (Wildman–Crippen LogP) is 4.76. The van der Waals surface area contributed by atoms with Crippen LogP contribution in [0.5, 0.6) is 0 Å². The first kappa shape index (κ1) is 18.4. The van der Waals surface area contributed by atoms with Crippen molar-refractivity contribution in [2.75, 3.05) is 18.5 Å². The molecule has 0 amide bonds. The lowest BCUT2D eigenvalue weighted by Crippen LogP contribution is -2.30. The van der Waals surface area contributed by atoms with Gasteiger partial charge in [-0.25, -0.2) is 0 Å². The molecule has 0 aliphatic rings. The van der Waals surface area contributed by atoms with Crippen molar-refractivity contribution in [3.63, 3.8) is 0 Å². The highest BCUT2D eigenvalue weighted by Crippen LogP contribution is 2.17. The van der Waals surface area contributed by atoms with Gasteiger partial charge in [-0.1, -0.05) is 42.5 Å². The molecule has 0 unspecified atom stereocenters. The second-order valence-corrected chi connectivity index (χ2v) is 6.38. The lowest BCUT2D eigenvalue weighted by atomic mass is 10.1. The Morgan fingerprint density at radius 2 is 1.88 bits per heavy atom. The summed E-state index contributed by atoms with van der Waals surface area (Å²) in [4.78, 5) is 0. The van der Waals surface area contributed by atoms with Crippen LogP contribution in [-0.4, -0.2) is 18.3 Å². The van der Waals surface area contributed by atoms with Gasteiger partial charge in [-0.2, -0.15) is 0 Å². The molecular weight excluding hydrogens is 316 g/mol. The third-order valence-electron chi connectivity index (χ3n) is 3.88. The van der Waals surface area contributed by atoms with Crippen molar-refractivity contribution in [3.8, 4) is 0 Å². The number of thiocarbonyl (C=S) groups is 1. The monoisotopic (exact) mass is 342 g/mol. The summed E-state index contributed by atoms with van der Waals surface area (Å²) in [7, 11) is 0. The molecule has 0 saturated heterocycles. The Hall–Kier alpha value is -1.91. The van der Waals surface area contributed by atoms with Crippen LogP contribution in [0.25, 0.3) is 0 Å². The summed E-state index contributed by atoms with van der Waals surface area (Å²) in [6, 6.07) is 16.6. The minimum absolute atomic E-state index is 0.117. The van der Waals surface area contributed by atoms with Crippen molar-refractivity contribution in [1.82, 2.24) is 5.32 Å². The van der Waals surface area contributed by atoms with Crippen LogP contribution in [0, 0.1) is 13.8 Å². The molecule has 2 aromatic rings. The van der Waals surface area contributed by atoms with Gasteiger partial charge in [0, 0.05) is 18.8 Å². The van der Waals surface area contributed by atoms with Crippen molar-refractivity contribution in [3.05, 3.63) is 65.2 Å². The minimum Gasteiger partial charge on any atom is -0.374 e. The minimum atomic E-state index is 0.117. The summed E-state index contributed by atoms with van der Waals surface area (Å²) in [6.45, 7) is 7.72. The van der Waals surface area contributed by atoms with E-state index in [0.717, 1.165) is 18.7 Å². The average Bonchev–Trinajstić information content (AvgIpc) is 2.58. The number of hydrogen-bond donors (Lipinski definition) is 2. The highest BCUT2D eigenvalue weighted by molar-refractivity contribution is 7.80. The molecule has 2 rings (SSSR count). The molecule has 0 bridgehead atoms. The molecular formula is C20H26N2OS. The van der Waals surface area contributed by atoms with E-state index in [4.69, 9.17) is 17.0 Å². The summed E-state index contributed by atoms with van der Waals surface area (Å²) in [5.41, 5.74) is 4.66. The van der Waals surface area contributed by atoms with E-state index in [2.05, 4.69) is 61.7 Å². The summed E-state index contributed by atoms with van der Waals surface area (Å²) < 4.78 is 5.86. The lowest BCUT2D eigenvalue weighted by Gasteiger charge is -2.15. The number of ether oxygens (including phenoxy) is 1. The maximum atomic E-state index is 5.86. The zero-order valence-corrected chi connectivity index (χ0v) is 15.5. The van der Waals surface area contributed by atoms with Crippen LogP contribution < -0.4 is 10.6 Å². The van der Waals surface area contributed by atoms with Crippen molar-refractivity contribution in [2.24, 2.45) is 0 Å². The van der Waals surface area contributed by atoms with Gasteiger partial charge in [0.05, 0.1) is 6.10 Å². The zero-order valence-electron chi connectivity index (χ0n) is 14.6. The molecule has 2 aromatic carbocycles. The fraction of sp³-hybridized carbons (Fsp3) is 0.350. The molecule has 0 saturated carbocycles. The summed E-state index contributed by atoms with van der Waals surface area (Å²) in [5.74, 6) is 0. The van der Waals surface area contributed by atoms with E-state index < -0.39 is 0 Å².